The summed E-state index contributed by atoms with van der Waals surface area (Å²) >= 11 is 0. The van der Waals surface area contributed by atoms with Gasteiger partial charge in [0, 0.05) is 36.5 Å². The number of pyridine rings is 2. The summed E-state index contributed by atoms with van der Waals surface area (Å²) in [6.45, 7) is 2.83. The zero-order valence-electron chi connectivity index (χ0n) is 18.3. The fraction of sp³-hybridized carbons (Fsp3) is 0.375. The Labute approximate surface area is 181 Å². The highest BCUT2D eigenvalue weighted by Crippen LogP contribution is 2.41. The highest BCUT2D eigenvalue weighted by molar-refractivity contribution is 5.92. The smallest absolute Gasteiger partial charge is 0.203 e. The lowest BCUT2D eigenvalue weighted by molar-refractivity contribution is -0.117. The van der Waals surface area contributed by atoms with Crippen molar-refractivity contribution in [1.29, 1.82) is 0 Å². The summed E-state index contributed by atoms with van der Waals surface area (Å²) in [4.78, 5) is 21.2. The normalized spacial score (nSPS) is 18.3. The first kappa shape index (κ1) is 20.9. The number of methoxy groups -OCH3 is 3. The van der Waals surface area contributed by atoms with Gasteiger partial charge in [-0.05, 0) is 42.2 Å². The van der Waals surface area contributed by atoms with Crippen molar-refractivity contribution in [3.05, 3.63) is 36.5 Å². The van der Waals surface area contributed by atoms with Crippen molar-refractivity contribution in [2.24, 2.45) is 11.8 Å². The van der Waals surface area contributed by atoms with Gasteiger partial charge >= 0.3 is 0 Å². The van der Waals surface area contributed by atoms with Crippen molar-refractivity contribution < 1.29 is 19.0 Å². The maximum absolute atomic E-state index is 11.8. The first-order valence-electron chi connectivity index (χ1n) is 10.4. The van der Waals surface area contributed by atoms with E-state index in [4.69, 9.17) is 19.2 Å². The van der Waals surface area contributed by atoms with Gasteiger partial charge in [-0.3, -0.25) is 9.78 Å². The van der Waals surface area contributed by atoms with E-state index in [9.17, 15) is 4.79 Å². The van der Waals surface area contributed by atoms with E-state index in [1.807, 2.05) is 30.3 Å². The Morgan fingerprint density at radius 3 is 2.42 bits per heavy atom. The first-order chi connectivity index (χ1) is 15.0. The number of aromatic nitrogens is 2. The number of nitrogens with zero attached hydrogens (tertiary/aromatic N) is 2. The molecule has 31 heavy (non-hydrogen) atoms. The Kier molecular flexibility index (Phi) is 5.93. The summed E-state index contributed by atoms with van der Waals surface area (Å²) in [5, 5.41) is 4.42. The monoisotopic (exact) mass is 421 g/mol. The summed E-state index contributed by atoms with van der Waals surface area (Å²) in [6.07, 6.45) is 3.05. The van der Waals surface area contributed by atoms with Crippen molar-refractivity contribution in [3.63, 3.8) is 0 Å². The van der Waals surface area contributed by atoms with E-state index >= 15 is 0 Å². The SMILES string of the molecule is COc1cc(-c2cc3ncccc3c(NC[C@H]3CC(=O)C[C@@H]3C)n2)cc(OC)c1OC. The van der Waals surface area contributed by atoms with Gasteiger partial charge in [0.1, 0.15) is 11.6 Å². The molecule has 0 unspecified atom stereocenters. The summed E-state index contributed by atoms with van der Waals surface area (Å²) in [7, 11) is 4.76. The Hall–Kier alpha value is -3.35. The van der Waals surface area contributed by atoms with Crippen LogP contribution in [0, 0.1) is 11.8 Å². The Balaban J connectivity index is 1.75. The molecule has 162 valence electrons. The number of Topliss-reactive ketones (excluding diaryl/α,β-unsaturated/α-hetero) is 1. The average Bonchev–Trinajstić information content (AvgIpc) is 3.12. The largest absolute Gasteiger partial charge is 0.493 e. The van der Waals surface area contributed by atoms with Crippen molar-refractivity contribution in [1.82, 2.24) is 9.97 Å². The van der Waals surface area contributed by atoms with Gasteiger partial charge in [-0.2, -0.15) is 0 Å². The zero-order valence-corrected chi connectivity index (χ0v) is 18.3. The number of ketones is 1. The van der Waals surface area contributed by atoms with E-state index < -0.39 is 0 Å². The van der Waals surface area contributed by atoms with E-state index in [0.717, 1.165) is 28.0 Å². The molecule has 1 aromatic carbocycles. The molecule has 7 nitrogen and oxygen atoms in total. The number of anilines is 1. The van der Waals surface area contributed by atoms with Crippen molar-refractivity contribution in [3.8, 4) is 28.5 Å². The molecule has 4 rings (SSSR count). The van der Waals surface area contributed by atoms with Crippen LogP contribution < -0.4 is 19.5 Å². The van der Waals surface area contributed by atoms with E-state index in [2.05, 4.69) is 17.2 Å². The predicted molar refractivity (Wildman–Crippen MR) is 120 cm³/mol. The Bertz CT molecular complexity index is 1090. The minimum Gasteiger partial charge on any atom is -0.493 e. The molecule has 0 bridgehead atoms. The molecule has 7 heteroatoms. The van der Waals surface area contributed by atoms with Crippen LogP contribution in [0.15, 0.2) is 36.5 Å². The molecule has 2 atom stereocenters. The second-order valence-corrected chi connectivity index (χ2v) is 7.91. The van der Waals surface area contributed by atoms with Gasteiger partial charge in [0.2, 0.25) is 5.75 Å². The van der Waals surface area contributed by atoms with Crippen LogP contribution >= 0.6 is 0 Å². The molecular weight excluding hydrogens is 394 g/mol. The summed E-state index contributed by atoms with van der Waals surface area (Å²) in [5.41, 5.74) is 2.40. The molecule has 1 fully saturated rings. The number of fused-ring (bicyclic) bond motifs is 1. The van der Waals surface area contributed by atoms with Gasteiger partial charge in [0.05, 0.1) is 32.5 Å². The highest BCUT2D eigenvalue weighted by Gasteiger charge is 2.29. The van der Waals surface area contributed by atoms with Crippen LogP contribution in [0.5, 0.6) is 17.2 Å². The van der Waals surface area contributed by atoms with Crippen molar-refractivity contribution >= 4 is 22.5 Å². The van der Waals surface area contributed by atoms with Gasteiger partial charge in [0.15, 0.2) is 11.5 Å². The van der Waals surface area contributed by atoms with Crippen LogP contribution in [0.4, 0.5) is 5.82 Å². The van der Waals surface area contributed by atoms with Crippen LogP contribution in [-0.2, 0) is 4.79 Å². The Morgan fingerprint density at radius 1 is 1.06 bits per heavy atom. The van der Waals surface area contributed by atoms with Crippen LogP contribution in [0.25, 0.3) is 22.2 Å². The predicted octanol–water partition coefficient (Wildman–Crippen LogP) is 4.35. The quantitative estimate of drug-likeness (QED) is 0.607. The summed E-state index contributed by atoms with van der Waals surface area (Å²) in [6, 6.07) is 9.60. The molecule has 0 radical (unpaired) electrons. The van der Waals surface area contributed by atoms with Gasteiger partial charge < -0.3 is 19.5 Å². The van der Waals surface area contributed by atoms with E-state index in [0.29, 0.717) is 54.3 Å². The highest BCUT2D eigenvalue weighted by atomic mass is 16.5. The standard InChI is InChI=1S/C24H27N3O4/c1-14-8-17(28)9-16(14)13-26-24-18-6-5-7-25-20(18)12-19(27-24)15-10-21(29-2)23(31-4)22(11-15)30-3/h5-7,10-12,14,16H,8-9,13H2,1-4H3,(H,26,27)/t14-,16+/m0/s1. The van der Waals surface area contributed by atoms with Crippen LogP contribution in [0.3, 0.4) is 0 Å². The summed E-state index contributed by atoms with van der Waals surface area (Å²) < 4.78 is 16.4. The van der Waals surface area contributed by atoms with Gasteiger partial charge in [0.25, 0.3) is 0 Å². The molecule has 3 aromatic rings. The minimum absolute atomic E-state index is 0.311. The van der Waals surface area contributed by atoms with E-state index in [-0.39, 0.29) is 0 Å². The fourth-order valence-corrected chi connectivity index (χ4v) is 4.19. The van der Waals surface area contributed by atoms with Crippen LogP contribution in [0.2, 0.25) is 0 Å². The van der Waals surface area contributed by atoms with E-state index in [1.54, 1.807) is 27.5 Å². The van der Waals surface area contributed by atoms with E-state index in [1.165, 1.54) is 0 Å². The third-order valence-electron chi connectivity index (χ3n) is 5.94. The number of ether oxygens (including phenoxy) is 3. The lowest BCUT2D eigenvalue weighted by atomic mass is 9.98. The number of benzene rings is 1. The molecule has 1 aliphatic carbocycles. The maximum atomic E-state index is 11.8. The number of carbonyl (C=O) groups excluding carboxylic acids is 1. The average molecular weight is 421 g/mol. The molecule has 0 aliphatic heterocycles. The molecule has 1 N–H and O–H groups in total. The third-order valence-corrected chi connectivity index (χ3v) is 5.94. The molecule has 0 saturated heterocycles. The first-order valence-corrected chi connectivity index (χ1v) is 10.4. The van der Waals surface area contributed by atoms with Crippen molar-refractivity contribution in [2.45, 2.75) is 19.8 Å². The van der Waals surface area contributed by atoms with Crippen LogP contribution in [0.1, 0.15) is 19.8 Å². The topological polar surface area (TPSA) is 82.6 Å². The molecule has 1 aliphatic rings. The second-order valence-electron chi connectivity index (χ2n) is 7.91. The summed E-state index contributed by atoms with van der Waals surface area (Å²) in [5.74, 6) is 3.44. The lowest BCUT2D eigenvalue weighted by Gasteiger charge is -2.18. The number of nitrogens with one attached hydrogen (secondary N) is 1. The van der Waals surface area contributed by atoms with Crippen LogP contribution in [-0.4, -0.2) is 43.6 Å². The molecule has 0 amide bonds. The van der Waals surface area contributed by atoms with Gasteiger partial charge in [-0.15, -0.1) is 0 Å². The van der Waals surface area contributed by atoms with Gasteiger partial charge in [-0.25, -0.2) is 4.98 Å². The molecule has 0 spiro atoms. The molecule has 2 aromatic heterocycles. The zero-order chi connectivity index (χ0) is 22.0. The molecular formula is C24H27N3O4. The minimum atomic E-state index is 0.311. The van der Waals surface area contributed by atoms with Crippen molar-refractivity contribution in [2.75, 3.05) is 33.2 Å². The number of rotatable bonds is 7. The lowest BCUT2D eigenvalue weighted by Crippen LogP contribution is -2.17. The van der Waals surface area contributed by atoms with Gasteiger partial charge in [-0.1, -0.05) is 6.92 Å². The number of carbonyl (C=O) groups is 1. The third kappa shape index (κ3) is 4.13. The molecule has 1 saturated carbocycles. The Morgan fingerprint density at radius 2 is 1.81 bits per heavy atom. The second kappa shape index (κ2) is 8.79. The number of hydrogen-bond donors (Lipinski definition) is 1. The maximum Gasteiger partial charge on any atom is 0.203 e. The fourth-order valence-electron chi connectivity index (χ4n) is 4.19. The number of hydrogen-bond acceptors (Lipinski definition) is 7. The molecule has 2 heterocycles.